The number of hydrogen-bond donors (Lipinski definition) is 2. The molecule has 0 saturated heterocycles. The number of fused-ring (bicyclic) bond motifs is 1. The molecule has 142 valence electrons. The molecule has 0 atom stereocenters. The monoisotopic (exact) mass is 378 g/mol. The third-order valence-electron chi connectivity index (χ3n) is 4.53. The summed E-state index contributed by atoms with van der Waals surface area (Å²) in [6.07, 6.45) is 2.33. The zero-order valence-corrected chi connectivity index (χ0v) is 15.5. The van der Waals surface area contributed by atoms with E-state index in [1.165, 1.54) is 12.1 Å². The van der Waals surface area contributed by atoms with E-state index in [4.69, 9.17) is 0 Å². The molecule has 4 rings (SSSR count). The number of H-pyrrole nitrogens is 1. The summed E-state index contributed by atoms with van der Waals surface area (Å²) in [5, 5.41) is 15.0. The summed E-state index contributed by atoms with van der Waals surface area (Å²) < 4.78 is 16.2. The van der Waals surface area contributed by atoms with Gasteiger partial charge in [0.25, 0.3) is 5.91 Å². The van der Waals surface area contributed by atoms with Gasteiger partial charge in [-0.1, -0.05) is 6.07 Å². The van der Waals surface area contributed by atoms with Gasteiger partial charge in [-0.15, -0.1) is 0 Å². The van der Waals surface area contributed by atoms with Gasteiger partial charge in [-0.2, -0.15) is 10.2 Å². The molecule has 28 heavy (non-hydrogen) atoms. The van der Waals surface area contributed by atoms with Gasteiger partial charge in [0.2, 0.25) is 0 Å². The Hall–Kier alpha value is -3.55. The molecule has 0 spiro atoms. The molecule has 8 heteroatoms. The SMILES string of the molecule is CCNC(=O)c1ccc(-c2nc(Cc3ccc4[nH]ncc4c3)n(C)n2)c(F)c1. The lowest BCUT2D eigenvalue weighted by Crippen LogP contribution is -2.22. The lowest BCUT2D eigenvalue weighted by atomic mass is 10.1. The second-order valence-corrected chi connectivity index (χ2v) is 6.50. The van der Waals surface area contributed by atoms with Crippen molar-refractivity contribution in [2.24, 2.45) is 7.05 Å². The summed E-state index contributed by atoms with van der Waals surface area (Å²) in [6.45, 7) is 2.30. The van der Waals surface area contributed by atoms with Gasteiger partial charge in [0, 0.05) is 31.0 Å². The average molecular weight is 378 g/mol. The molecule has 0 fully saturated rings. The van der Waals surface area contributed by atoms with Crippen LogP contribution in [0, 0.1) is 5.82 Å². The normalized spacial score (nSPS) is 11.1. The van der Waals surface area contributed by atoms with Crippen molar-refractivity contribution in [2.75, 3.05) is 6.54 Å². The Labute approximate surface area is 160 Å². The Morgan fingerprint density at radius 2 is 2.11 bits per heavy atom. The van der Waals surface area contributed by atoms with Crippen molar-refractivity contribution in [1.82, 2.24) is 30.3 Å². The Bertz CT molecular complexity index is 1160. The average Bonchev–Trinajstić information content (AvgIpc) is 3.28. The van der Waals surface area contributed by atoms with Crippen LogP contribution in [0.4, 0.5) is 4.39 Å². The summed E-state index contributed by atoms with van der Waals surface area (Å²) in [6, 6.07) is 10.3. The predicted molar refractivity (Wildman–Crippen MR) is 103 cm³/mol. The number of carbonyl (C=O) groups is 1. The highest BCUT2D eigenvalue weighted by Gasteiger charge is 2.16. The van der Waals surface area contributed by atoms with E-state index in [0.29, 0.717) is 24.6 Å². The maximum Gasteiger partial charge on any atom is 0.251 e. The summed E-state index contributed by atoms with van der Waals surface area (Å²) in [4.78, 5) is 16.4. The number of benzene rings is 2. The van der Waals surface area contributed by atoms with Crippen LogP contribution in [-0.2, 0) is 13.5 Å². The Morgan fingerprint density at radius 3 is 2.89 bits per heavy atom. The first-order valence-electron chi connectivity index (χ1n) is 8.95. The molecule has 0 saturated carbocycles. The Balaban J connectivity index is 1.61. The molecule has 0 unspecified atom stereocenters. The highest BCUT2D eigenvalue weighted by molar-refractivity contribution is 5.94. The van der Waals surface area contributed by atoms with Gasteiger partial charge in [0.1, 0.15) is 11.6 Å². The Morgan fingerprint density at radius 1 is 1.25 bits per heavy atom. The van der Waals surface area contributed by atoms with Gasteiger partial charge in [-0.05, 0) is 42.8 Å². The third-order valence-corrected chi connectivity index (χ3v) is 4.53. The fourth-order valence-electron chi connectivity index (χ4n) is 3.07. The minimum Gasteiger partial charge on any atom is -0.352 e. The molecule has 0 aliphatic carbocycles. The number of nitrogens with zero attached hydrogens (tertiary/aromatic N) is 4. The summed E-state index contributed by atoms with van der Waals surface area (Å²) >= 11 is 0. The van der Waals surface area contributed by atoms with E-state index in [2.05, 4.69) is 25.6 Å². The summed E-state index contributed by atoms with van der Waals surface area (Å²) in [5.41, 5.74) is 2.56. The maximum atomic E-state index is 14.6. The minimum absolute atomic E-state index is 0.264. The molecule has 1 amide bonds. The van der Waals surface area contributed by atoms with Crippen LogP contribution in [0.5, 0.6) is 0 Å². The van der Waals surface area contributed by atoms with E-state index in [9.17, 15) is 9.18 Å². The zero-order valence-electron chi connectivity index (χ0n) is 15.5. The minimum atomic E-state index is -0.527. The van der Waals surface area contributed by atoms with Crippen LogP contribution < -0.4 is 5.32 Å². The zero-order chi connectivity index (χ0) is 19.7. The number of hydrogen-bond acceptors (Lipinski definition) is 4. The van der Waals surface area contributed by atoms with Gasteiger partial charge in [-0.3, -0.25) is 14.6 Å². The van der Waals surface area contributed by atoms with Crippen molar-refractivity contribution in [3.8, 4) is 11.4 Å². The number of nitrogens with one attached hydrogen (secondary N) is 2. The molecular weight excluding hydrogens is 359 g/mol. The van der Waals surface area contributed by atoms with E-state index in [1.54, 1.807) is 24.0 Å². The first-order chi connectivity index (χ1) is 13.5. The summed E-state index contributed by atoms with van der Waals surface area (Å²) in [7, 11) is 1.78. The molecule has 2 heterocycles. The molecule has 2 N–H and O–H groups in total. The molecule has 0 radical (unpaired) electrons. The smallest absolute Gasteiger partial charge is 0.251 e. The molecular formula is C20H19FN6O. The molecule has 0 bridgehead atoms. The molecule has 0 aliphatic heterocycles. The van der Waals surface area contributed by atoms with E-state index in [-0.39, 0.29) is 17.0 Å². The molecule has 4 aromatic rings. The predicted octanol–water partition coefficient (Wildman–Crippen LogP) is 2.84. The molecule has 7 nitrogen and oxygen atoms in total. The molecule has 2 aromatic heterocycles. The first-order valence-corrected chi connectivity index (χ1v) is 8.95. The number of rotatable bonds is 5. The maximum absolute atomic E-state index is 14.6. The number of aromatic nitrogens is 5. The van der Waals surface area contributed by atoms with Gasteiger partial charge < -0.3 is 5.32 Å². The van der Waals surface area contributed by atoms with E-state index in [1.807, 2.05) is 25.1 Å². The fourth-order valence-corrected chi connectivity index (χ4v) is 3.07. The number of aryl methyl sites for hydroxylation is 1. The van der Waals surface area contributed by atoms with Crippen LogP contribution in [0.15, 0.2) is 42.6 Å². The van der Waals surface area contributed by atoms with Crippen molar-refractivity contribution < 1.29 is 9.18 Å². The van der Waals surface area contributed by atoms with E-state index < -0.39 is 5.82 Å². The second-order valence-electron chi connectivity index (χ2n) is 6.50. The standard InChI is InChI=1S/C20H19FN6O/c1-3-22-20(28)13-5-6-15(16(21)10-13)19-24-18(27(2)26-19)9-12-4-7-17-14(8-12)11-23-25-17/h4-8,10-11H,3,9H2,1-2H3,(H,22,28)(H,23,25). The highest BCUT2D eigenvalue weighted by Crippen LogP contribution is 2.22. The lowest BCUT2D eigenvalue weighted by Gasteiger charge is -2.04. The Kier molecular flexibility index (Phi) is 4.60. The first kappa shape index (κ1) is 17.8. The molecule has 0 aliphatic rings. The topological polar surface area (TPSA) is 88.5 Å². The summed E-state index contributed by atoms with van der Waals surface area (Å²) in [5.74, 6) is 0.171. The van der Waals surface area contributed by atoms with Crippen LogP contribution in [0.25, 0.3) is 22.3 Å². The number of amides is 1. The van der Waals surface area contributed by atoms with Crippen LogP contribution in [0.2, 0.25) is 0 Å². The van der Waals surface area contributed by atoms with Gasteiger partial charge in [0.15, 0.2) is 5.82 Å². The van der Waals surface area contributed by atoms with Crippen molar-refractivity contribution >= 4 is 16.8 Å². The quantitative estimate of drug-likeness (QED) is 0.559. The van der Waals surface area contributed by atoms with Gasteiger partial charge >= 0.3 is 0 Å². The van der Waals surface area contributed by atoms with Crippen molar-refractivity contribution in [1.29, 1.82) is 0 Å². The second kappa shape index (κ2) is 7.22. The van der Waals surface area contributed by atoms with Crippen molar-refractivity contribution in [3.05, 3.63) is 65.4 Å². The van der Waals surface area contributed by atoms with Crippen LogP contribution in [0.3, 0.4) is 0 Å². The highest BCUT2D eigenvalue weighted by atomic mass is 19.1. The number of aromatic amines is 1. The number of carbonyl (C=O) groups excluding carboxylic acids is 1. The van der Waals surface area contributed by atoms with Gasteiger partial charge in [0.05, 0.1) is 17.3 Å². The van der Waals surface area contributed by atoms with Crippen LogP contribution in [0.1, 0.15) is 28.7 Å². The number of halogens is 1. The third kappa shape index (κ3) is 3.36. The van der Waals surface area contributed by atoms with Crippen molar-refractivity contribution in [2.45, 2.75) is 13.3 Å². The fraction of sp³-hybridized carbons (Fsp3) is 0.200. The lowest BCUT2D eigenvalue weighted by molar-refractivity contribution is 0.0955. The molecule has 2 aromatic carbocycles. The van der Waals surface area contributed by atoms with E-state index in [0.717, 1.165) is 16.5 Å². The van der Waals surface area contributed by atoms with Crippen molar-refractivity contribution in [3.63, 3.8) is 0 Å². The van der Waals surface area contributed by atoms with Gasteiger partial charge in [-0.25, -0.2) is 9.37 Å². The largest absolute Gasteiger partial charge is 0.352 e. The van der Waals surface area contributed by atoms with Crippen LogP contribution in [-0.4, -0.2) is 37.4 Å². The van der Waals surface area contributed by atoms with E-state index >= 15 is 0 Å². The van der Waals surface area contributed by atoms with Crippen LogP contribution >= 0.6 is 0 Å².